The summed E-state index contributed by atoms with van der Waals surface area (Å²) >= 11 is 0. The third-order valence-electron chi connectivity index (χ3n) is 5.12. The molecule has 0 heterocycles. The molecule has 2 aromatic carbocycles. The molecule has 6 heteroatoms. The van der Waals surface area contributed by atoms with Crippen LogP contribution in [0.25, 0.3) is 0 Å². The van der Waals surface area contributed by atoms with Crippen LogP contribution in [0.5, 0.6) is 0 Å². The molecule has 0 radical (unpaired) electrons. The molecule has 2 N–H and O–H groups in total. The standard InChI is InChI=1S/C26H33N3O3/c1-6-18(2)24(20-9-7-19(17-27)8-10-20)29-22-13-11-21(12-14-22)25(31)28-16-15-23(30)32-26(3,4)5/h7-14,18,24,29H,6,15-16H2,1-5H3,(H,28,31). The molecule has 2 unspecified atom stereocenters. The molecule has 0 saturated carbocycles. The number of nitriles is 1. The zero-order chi connectivity index (χ0) is 23.7. The first-order chi connectivity index (χ1) is 15.1. The van der Waals surface area contributed by atoms with Gasteiger partial charge in [0, 0.05) is 17.8 Å². The molecule has 2 rings (SSSR count). The van der Waals surface area contributed by atoms with Gasteiger partial charge in [-0.25, -0.2) is 0 Å². The zero-order valence-corrected chi connectivity index (χ0v) is 19.6. The number of benzene rings is 2. The Kier molecular flexibility index (Phi) is 8.83. The van der Waals surface area contributed by atoms with Gasteiger partial charge in [-0.1, -0.05) is 32.4 Å². The number of esters is 1. The number of carbonyl (C=O) groups is 2. The van der Waals surface area contributed by atoms with Gasteiger partial charge < -0.3 is 15.4 Å². The van der Waals surface area contributed by atoms with Crippen LogP contribution in [0.3, 0.4) is 0 Å². The lowest BCUT2D eigenvalue weighted by Crippen LogP contribution is -2.29. The van der Waals surface area contributed by atoms with Crippen LogP contribution in [0.15, 0.2) is 48.5 Å². The lowest BCUT2D eigenvalue weighted by atomic mass is 9.91. The number of hydrogen-bond donors (Lipinski definition) is 2. The third kappa shape index (κ3) is 7.73. The molecule has 0 spiro atoms. The summed E-state index contributed by atoms with van der Waals surface area (Å²) in [6.45, 7) is 9.99. The van der Waals surface area contributed by atoms with Gasteiger partial charge in [0.15, 0.2) is 0 Å². The predicted molar refractivity (Wildman–Crippen MR) is 126 cm³/mol. The Balaban J connectivity index is 1.98. The van der Waals surface area contributed by atoms with E-state index in [1.807, 2.05) is 57.2 Å². The normalized spacial score (nSPS) is 12.9. The van der Waals surface area contributed by atoms with Gasteiger partial charge in [0.05, 0.1) is 24.1 Å². The van der Waals surface area contributed by atoms with Crippen LogP contribution in [0.2, 0.25) is 0 Å². The first-order valence-corrected chi connectivity index (χ1v) is 11.0. The summed E-state index contributed by atoms with van der Waals surface area (Å²) in [5.41, 5.74) is 2.65. The average molecular weight is 436 g/mol. The number of amides is 1. The fraction of sp³-hybridized carbons (Fsp3) is 0.423. The quantitative estimate of drug-likeness (QED) is 0.527. The van der Waals surface area contributed by atoms with E-state index in [1.54, 1.807) is 12.1 Å². The van der Waals surface area contributed by atoms with Crippen molar-refractivity contribution in [3.63, 3.8) is 0 Å². The van der Waals surface area contributed by atoms with Crippen molar-refractivity contribution in [2.24, 2.45) is 5.92 Å². The molecule has 32 heavy (non-hydrogen) atoms. The van der Waals surface area contributed by atoms with Gasteiger partial charge in [-0.2, -0.15) is 5.26 Å². The maximum Gasteiger partial charge on any atom is 0.308 e. The fourth-order valence-corrected chi connectivity index (χ4v) is 3.22. The molecule has 2 atom stereocenters. The summed E-state index contributed by atoms with van der Waals surface area (Å²) in [6, 6.07) is 17.1. The Morgan fingerprint density at radius 3 is 2.22 bits per heavy atom. The van der Waals surface area contributed by atoms with Crippen LogP contribution >= 0.6 is 0 Å². The molecule has 2 aromatic rings. The van der Waals surface area contributed by atoms with E-state index in [4.69, 9.17) is 10.00 Å². The minimum absolute atomic E-state index is 0.0845. The van der Waals surface area contributed by atoms with E-state index in [-0.39, 0.29) is 30.9 Å². The molecule has 0 aliphatic rings. The van der Waals surface area contributed by atoms with Crippen molar-refractivity contribution in [2.45, 2.75) is 59.1 Å². The minimum Gasteiger partial charge on any atom is -0.460 e. The lowest BCUT2D eigenvalue weighted by molar-refractivity contribution is -0.154. The highest BCUT2D eigenvalue weighted by molar-refractivity contribution is 5.94. The molecule has 0 aromatic heterocycles. The SMILES string of the molecule is CCC(C)C(Nc1ccc(C(=O)NCCC(=O)OC(C)(C)C)cc1)c1ccc(C#N)cc1. The maximum atomic E-state index is 12.4. The van der Waals surface area contributed by atoms with E-state index >= 15 is 0 Å². The van der Waals surface area contributed by atoms with E-state index in [9.17, 15) is 9.59 Å². The Morgan fingerprint density at radius 2 is 1.69 bits per heavy atom. The van der Waals surface area contributed by atoms with Gasteiger partial charge in [0.25, 0.3) is 5.91 Å². The lowest BCUT2D eigenvalue weighted by Gasteiger charge is -2.26. The Labute approximate surface area is 191 Å². The topological polar surface area (TPSA) is 91.2 Å². The number of hydrogen-bond acceptors (Lipinski definition) is 5. The average Bonchev–Trinajstić information content (AvgIpc) is 2.76. The van der Waals surface area contributed by atoms with E-state index < -0.39 is 5.60 Å². The van der Waals surface area contributed by atoms with Crippen LogP contribution in [-0.4, -0.2) is 24.0 Å². The van der Waals surface area contributed by atoms with Gasteiger partial charge in [-0.05, 0) is 68.7 Å². The Hall–Kier alpha value is -3.33. The zero-order valence-electron chi connectivity index (χ0n) is 19.6. The summed E-state index contributed by atoms with van der Waals surface area (Å²) in [5, 5.41) is 15.3. The highest BCUT2D eigenvalue weighted by atomic mass is 16.6. The number of carbonyl (C=O) groups excluding carboxylic acids is 2. The van der Waals surface area contributed by atoms with Crippen molar-refractivity contribution in [3.8, 4) is 6.07 Å². The summed E-state index contributed by atoms with van der Waals surface area (Å²) < 4.78 is 5.24. The molecule has 170 valence electrons. The number of ether oxygens (including phenoxy) is 1. The second-order valence-corrected chi connectivity index (χ2v) is 8.91. The number of rotatable bonds is 9. The highest BCUT2D eigenvalue weighted by Crippen LogP contribution is 2.29. The summed E-state index contributed by atoms with van der Waals surface area (Å²) in [4.78, 5) is 24.1. The monoisotopic (exact) mass is 435 g/mol. The van der Waals surface area contributed by atoms with Crippen LogP contribution in [-0.2, 0) is 9.53 Å². The highest BCUT2D eigenvalue weighted by Gasteiger charge is 2.19. The molecule has 0 aliphatic carbocycles. The minimum atomic E-state index is -0.533. The molecular formula is C26H33N3O3. The van der Waals surface area contributed by atoms with Crippen LogP contribution in [0.1, 0.15) is 75.0 Å². The van der Waals surface area contributed by atoms with Crippen molar-refractivity contribution < 1.29 is 14.3 Å². The van der Waals surface area contributed by atoms with Gasteiger partial charge in [0.1, 0.15) is 5.60 Å². The van der Waals surface area contributed by atoms with Gasteiger partial charge >= 0.3 is 5.97 Å². The van der Waals surface area contributed by atoms with E-state index in [2.05, 4.69) is 30.6 Å². The third-order valence-corrected chi connectivity index (χ3v) is 5.12. The molecule has 0 saturated heterocycles. The van der Waals surface area contributed by atoms with Crippen molar-refractivity contribution in [3.05, 3.63) is 65.2 Å². The summed E-state index contributed by atoms with van der Waals surface area (Å²) in [6.07, 6.45) is 1.12. The second-order valence-electron chi connectivity index (χ2n) is 8.91. The number of anilines is 1. The van der Waals surface area contributed by atoms with Crippen molar-refractivity contribution >= 4 is 17.6 Å². The molecule has 0 aliphatic heterocycles. The maximum absolute atomic E-state index is 12.4. The smallest absolute Gasteiger partial charge is 0.308 e. The molecule has 1 amide bonds. The Bertz CT molecular complexity index is 938. The first kappa shape index (κ1) is 24.9. The van der Waals surface area contributed by atoms with Crippen molar-refractivity contribution in [2.75, 3.05) is 11.9 Å². The fourth-order valence-electron chi connectivity index (χ4n) is 3.22. The number of nitrogens with zero attached hydrogens (tertiary/aromatic N) is 1. The molecule has 6 nitrogen and oxygen atoms in total. The van der Waals surface area contributed by atoms with E-state index in [1.165, 1.54) is 0 Å². The first-order valence-electron chi connectivity index (χ1n) is 11.0. The van der Waals surface area contributed by atoms with Crippen LogP contribution in [0, 0.1) is 17.2 Å². The molecular weight excluding hydrogens is 402 g/mol. The molecule has 0 bridgehead atoms. The van der Waals surface area contributed by atoms with Crippen LogP contribution < -0.4 is 10.6 Å². The summed E-state index contributed by atoms with van der Waals surface area (Å²) in [5.74, 6) is -0.194. The van der Waals surface area contributed by atoms with Crippen molar-refractivity contribution in [1.82, 2.24) is 5.32 Å². The van der Waals surface area contributed by atoms with Gasteiger partial charge in [-0.3, -0.25) is 9.59 Å². The summed E-state index contributed by atoms with van der Waals surface area (Å²) in [7, 11) is 0. The van der Waals surface area contributed by atoms with Crippen molar-refractivity contribution in [1.29, 1.82) is 5.26 Å². The second kappa shape index (κ2) is 11.3. The predicted octanol–water partition coefficient (Wildman–Crippen LogP) is 5.22. The van der Waals surface area contributed by atoms with Gasteiger partial charge in [0.2, 0.25) is 0 Å². The largest absolute Gasteiger partial charge is 0.460 e. The number of nitrogens with one attached hydrogen (secondary N) is 2. The van der Waals surface area contributed by atoms with E-state index in [0.717, 1.165) is 17.7 Å². The Morgan fingerprint density at radius 1 is 1.06 bits per heavy atom. The van der Waals surface area contributed by atoms with Crippen LogP contribution in [0.4, 0.5) is 5.69 Å². The van der Waals surface area contributed by atoms with E-state index in [0.29, 0.717) is 17.0 Å². The molecule has 0 fully saturated rings. The van der Waals surface area contributed by atoms with Gasteiger partial charge in [-0.15, -0.1) is 0 Å².